The molecule has 0 bridgehead atoms. The fourth-order valence-corrected chi connectivity index (χ4v) is 4.21. The number of methoxy groups -OCH3 is 1. The first kappa shape index (κ1) is 20.9. The number of amides is 1. The number of rotatable bonds is 5. The molecule has 2 heterocycles. The molecular formula is C27H26N4O2. The molecule has 0 radical (unpaired) electrons. The summed E-state index contributed by atoms with van der Waals surface area (Å²) in [5.74, 6) is 1.80. The monoisotopic (exact) mass is 438 g/mol. The van der Waals surface area contributed by atoms with Gasteiger partial charge in [0, 0.05) is 31.7 Å². The van der Waals surface area contributed by atoms with E-state index in [4.69, 9.17) is 4.74 Å². The highest BCUT2D eigenvalue weighted by Crippen LogP contribution is 2.24. The van der Waals surface area contributed by atoms with Crippen LogP contribution in [0.25, 0.3) is 22.0 Å². The van der Waals surface area contributed by atoms with Crippen molar-refractivity contribution in [3.8, 4) is 17.0 Å². The van der Waals surface area contributed by atoms with Gasteiger partial charge in [0.05, 0.1) is 19.2 Å². The highest BCUT2D eigenvalue weighted by Gasteiger charge is 2.22. The molecule has 0 saturated carbocycles. The third-order valence-electron chi connectivity index (χ3n) is 6.17. The fraction of sp³-hybridized carbons (Fsp3) is 0.222. The van der Waals surface area contributed by atoms with Gasteiger partial charge < -0.3 is 14.5 Å². The lowest BCUT2D eigenvalue weighted by atomic mass is 10.1. The number of benzene rings is 3. The number of carbonyl (C=O) groups excluding carboxylic acids is 1. The van der Waals surface area contributed by atoms with Gasteiger partial charge in [0.15, 0.2) is 5.82 Å². The van der Waals surface area contributed by atoms with Crippen LogP contribution in [0.2, 0.25) is 0 Å². The normalized spacial score (nSPS) is 13.8. The van der Waals surface area contributed by atoms with Crippen LogP contribution in [-0.4, -0.2) is 54.3 Å². The van der Waals surface area contributed by atoms with E-state index in [2.05, 4.69) is 45.4 Å². The predicted molar refractivity (Wildman–Crippen MR) is 130 cm³/mol. The highest BCUT2D eigenvalue weighted by molar-refractivity contribution is 5.86. The van der Waals surface area contributed by atoms with E-state index in [0.29, 0.717) is 19.5 Å². The Hall–Kier alpha value is -3.93. The predicted octanol–water partition coefficient (Wildman–Crippen LogP) is 4.20. The van der Waals surface area contributed by atoms with Crippen LogP contribution in [0.1, 0.15) is 5.56 Å². The summed E-state index contributed by atoms with van der Waals surface area (Å²) in [6.45, 7) is 2.86. The van der Waals surface area contributed by atoms with Crippen molar-refractivity contribution >= 4 is 22.5 Å². The molecule has 0 spiro atoms. The van der Waals surface area contributed by atoms with E-state index in [1.165, 1.54) is 10.8 Å². The van der Waals surface area contributed by atoms with Gasteiger partial charge in [0.2, 0.25) is 5.91 Å². The second-order valence-electron chi connectivity index (χ2n) is 8.23. The Morgan fingerprint density at radius 1 is 0.848 bits per heavy atom. The molecule has 4 aromatic rings. The molecule has 0 atom stereocenters. The molecule has 6 nitrogen and oxygen atoms in total. The number of piperazine rings is 1. The van der Waals surface area contributed by atoms with Crippen LogP contribution < -0.4 is 9.64 Å². The van der Waals surface area contributed by atoms with Crippen LogP contribution in [0.5, 0.6) is 5.75 Å². The lowest BCUT2D eigenvalue weighted by molar-refractivity contribution is -0.130. The van der Waals surface area contributed by atoms with Crippen LogP contribution in [0.15, 0.2) is 78.9 Å². The number of nitrogens with zero attached hydrogens (tertiary/aromatic N) is 4. The van der Waals surface area contributed by atoms with Crippen LogP contribution in [0.4, 0.5) is 5.82 Å². The molecule has 0 N–H and O–H groups in total. The van der Waals surface area contributed by atoms with Crippen molar-refractivity contribution in [1.82, 2.24) is 15.1 Å². The molecule has 1 fully saturated rings. The van der Waals surface area contributed by atoms with E-state index in [0.717, 1.165) is 41.5 Å². The maximum Gasteiger partial charge on any atom is 0.227 e. The fourth-order valence-electron chi connectivity index (χ4n) is 4.21. The van der Waals surface area contributed by atoms with E-state index in [9.17, 15) is 4.79 Å². The van der Waals surface area contributed by atoms with Crippen molar-refractivity contribution < 1.29 is 9.53 Å². The molecule has 6 heteroatoms. The summed E-state index contributed by atoms with van der Waals surface area (Å²) in [6, 6.07) is 26.4. The summed E-state index contributed by atoms with van der Waals surface area (Å²) in [6.07, 6.45) is 0.407. The maximum absolute atomic E-state index is 12.7. The van der Waals surface area contributed by atoms with Crippen molar-refractivity contribution in [3.63, 3.8) is 0 Å². The number of fused-ring (bicyclic) bond motifs is 1. The van der Waals surface area contributed by atoms with E-state index >= 15 is 0 Å². The Bertz CT molecular complexity index is 1250. The van der Waals surface area contributed by atoms with Gasteiger partial charge in [-0.15, -0.1) is 10.2 Å². The molecule has 1 aromatic heterocycles. The molecule has 1 saturated heterocycles. The van der Waals surface area contributed by atoms with Gasteiger partial charge in [-0.25, -0.2) is 0 Å². The topological polar surface area (TPSA) is 58.6 Å². The van der Waals surface area contributed by atoms with Crippen molar-refractivity contribution in [1.29, 1.82) is 0 Å². The number of aromatic nitrogens is 2. The third-order valence-corrected chi connectivity index (χ3v) is 6.17. The van der Waals surface area contributed by atoms with E-state index < -0.39 is 0 Å². The molecule has 1 amide bonds. The van der Waals surface area contributed by atoms with Crippen LogP contribution in [-0.2, 0) is 11.2 Å². The first-order valence-corrected chi connectivity index (χ1v) is 11.2. The minimum absolute atomic E-state index is 0.151. The molecule has 1 aliphatic heterocycles. The third kappa shape index (κ3) is 4.65. The van der Waals surface area contributed by atoms with Crippen molar-refractivity contribution in [3.05, 3.63) is 84.4 Å². The number of ether oxygens (including phenoxy) is 1. The second kappa shape index (κ2) is 9.28. The van der Waals surface area contributed by atoms with Crippen LogP contribution in [0, 0.1) is 0 Å². The number of anilines is 1. The lowest BCUT2D eigenvalue weighted by Crippen LogP contribution is -2.49. The van der Waals surface area contributed by atoms with Crippen molar-refractivity contribution in [2.75, 3.05) is 38.2 Å². The molecule has 3 aromatic carbocycles. The molecule has 1 aliphatic rings. The Balaban J connectivity index is 1.19. The van der Waals surface area contributed by atoms with E-state index in [1.54, 1.807) is 7.11 Å². The average Bonchev–Trinajstić information content (AvgIpc) is 2.89. The van der Waals surface area contributed by atoms with Gasteiger partial charge in [0.1, 0.15) is 5.75 Å². The second-order valence-corrected chi connectivity index (χ2v) is 8.23. The molecule has 5 rings (SSSR count). The van der Waals surface area contributed by atoms with Crippen molar-refractivity contribution in [2.45, 2.75) is 6.42 Å². The van der Waals surface area contributed by atoms with Gasteiger partial charge in [0.25, 0.3) is 0 Å². The minimum Gasteiger partial charge on any atom is -0.497 e. The number of carbonyl (C=O) groups is 1. The minimum atomic E-state index is 0.151. The van der Waals surface area contributed by atoms with Gasteiger partial charge >= 0.3 is 0 Å². The average molecular weight is 439 g/mol. The summed E-state index contributed by atoms with van der Waals surface area (Å²) in [5, 5.41) is 11.4. The first-order chi connectivity index (χ1) is 16.2. The molecule has 0 aliphatic carbocycles. The summed E-state index contributed by atoms with van der Waals surface area (Å²) in [7, 11) is 1.64. The summed E-state index contributed by atoms with van der Waals surface area (Å²) >= 11 is 0. The first-order valence-electron chi connectivity index (χ1n) is 11.2. The van der Waals surface area contributed by atoms with Crippen LogP contribution >= 0.6 is 0 Å². The number of hydrogen-bond acceptors (Lipinski definition) is 5. The largest absolute Gasteiger partial charge is 0.497 e. The van der Waals surface area contributed by atoms with E-state index in [1.807, 2.05) is 53.4 Å². The quantitative estimate of drug-likeness (QED) is 0.468. The zero-order valence-electron chi connectivity index (χ0n) is 18.6. The molecular weight excluding hydrogens is 412 g/mol. The highest BCUT2D eigenvalue weighted by atomic mass is 16.5. The Morgan fingerprint density at radius 2 is 1.61 bits per heavy atom. The molecule has 166 valence electrons. The summed E-state index contributed by atoms with van der Waals surface area (Å²) in [5.41, 5.74) is 2.91. The van der Waals surface area contributed by atoms with Gasteiger partial charge in [-0.05, 0) is 46.7 Å². The summed E-state index contributed by atoms with van der Waals surface area (Å²) in [4.78, 5) is 16.8. The SMILES string of the molecule is COc1ccc(CC(=O)N2CCN(c3ccc(-c4ccc5ccccc5c4)nn3)CC2)cc1. The zero-order valence-corrected chi connectivity index (χ0v) is 18.6. The number of hydrogen-bond donors (Lipinski definition) is 0. The Morgan fingerprint density at radius 3 is 2.30 bits per heavy atom. The molecule has 0 unspecified atom stereocenters. The zero-order chi connectivity index (χ0) is 22.6. The Kier molecular flexibility index (Phi) is 5.89. The van der Waals surface area contributed by atoms with Crippen molar-refractivity contribution in [2.24, 2.45) is 0 Å². The maximum atomic E-state index is 12.7. The lowest BCUT2D eigenvalue weighted by Gasteiger charge is -2.35. The summed E-state index contributed by atoms with van der Waals surface area (Å²) < 4.78 is 5.18. The van der Waals surface area contributed by atoms with Gasteiger partial charge in [-0.3, -0.25) is 4.79 Å². The van der Waals surface area contributed by atoms with E-state index in [-0.39, 0.29) is 5.91 Å². The van der Waals surface area contributed by atoms with Gasteiger partial charge in [-0.1, -0.05) is 48.5 Å². The Labute approximate surface area is 193 Å². The van der Waals surface area contributed by atoms with Crippen LogP contribution in [0.3, 0.4) is 0 Å². The smallest absolute Gasteiger partial charge is 0.227 e. The standard InChI is InChI=1S/C27H26N4O2/c1-33-24-10-6-20(7-11-24)18-27(32)31-16-14-30(15-17-31)26-13-12-25(28-29-26)23-9-8-21-4-2-3-5-22(21)19-23/h2-13,19H,14-18H2,1H3. The molecule has 33 heavy (non-hydrogen) atoms. The van der Waals surface area contributed by atoms with Gasteiger partial charge in [-0.2, -0.15) is 0 Å².